The van der Waals surface area contributed by atoms with Crippen LogP contribution in [0.5, 0.6) is 0 Å². The summed E-state index contributed by atoms with van der Waals surface area (Å²) in [7, 11) is 1.98. The third-order valence-electron chi connectivity index (χ3n) is 2.24. The second-order valence-corrected chi connectivity index (χ2v) is 3.97. The summed E-state index contributed by atoms with van der Waals surface area (Å²) >= 11 is 1.76. The minimum absolute atomic E-state index is 1.10. The molecule has 0 saturated heterocycles. The van der Waals surface area contributed by atoms with Gasteiger partial charge in [0.25, 0.3) is 0 Å². The second-order valence-electron chi connectivity index (χ2n) is 3.09. The fourth-order valence-corrected chi connectivity index (χ4v) is 1.99. The minimum Gasteiger partial charge on any atom is -0.268 e. The van der Waals surface area contributed by atoms with Crippen molar-refractivity contribution in [3.8, 4) is 0 Å². The van der Waals surface area contributed by atoms with Crippen LogP contribution in [0.15, 0.2) is 23.1 Å². The van der Waals surface area contributed by atoms with Crippen molar-refractivity contribution in [1.82, 2.24) is 9.78 Å². The van der Waals surface area contributed by atoms with Crippen molar-refractivity contribution in [3.63, 3.8) is 0 Å². The van der Waals surface area contributed by atoms with E-state index in [-0.39, 0.29) is 0 Å². The lowest BCUT2D eigenvalue weighted by molar-refractivity contribution is 0.783. The minimum atomic E-state index is 1.10. The fraction of sp³-hybridized carbons (Fsp3) is 0.300. The molecular weight excluding hydrogens is 180 g/mol. The predicted octanol–water partition coefficient (Wildman–Crippen LogP) is 2.60. The maximum atomic E-state index is 4.37. The Bertz CT molecular complexity index is 445. The van der Waals surface area contributed by atoms with Crippen LogP contribution in [0.3, 0.4) is 0 Å². The number of hydrogen-bond acceptors (Lipinski definition) is 2. The molecule has 1 aromatic heterocycles. The van der Waals surface area contributed by atoms with Gasteiger partial charge in [0.2, 0.25) is 0 Å². The summed E-state index contributed by atoms with van der Waals surface area (Å²) < 4.78 is 1.93. The van der Waals surface area contributed by atoms with Gasteiger partial charge in [-0.2, -0.15) is 5.10 Å². The molecule has 68 valence electrons. The highest BCUT2D eigenvalue weighted by molar-refractivity contribution is 7.98. The van der Waals surface area contributed by atoms with E-state index in [0.29, 0.717) is 0 Å². The largest absolute Gasteiger partial charge is 0.268 e. The highest BCUT2D eigenvalue weighted by atomic mass is 32.2. The Labute approximate surface area is 81.9 Å². The number of hydrogen-bond donors (Lipinski definition) is 0. The molecule has 2 nitrogen and oxygen atoms in total. The average molecular weight is 192 g/mol. The topological polar surface area (TPSA) is 17.8 Å². The Balaban J connectivity index is 2.76. The van der Waals surface area contributed by atoms with E-state index in [1.807, 2.05) is 18.7 Å². The molecule has 0 bridgehead atoms. The van der Waals surface area contributed by atoms with E-state index >= 15 is 0 Å². The van der Waals surface area contributed by atoms with E-state index in [1.165, 1.54) is 15.8 Å². The van der Waals surface area contributed by atoms with Crippen molar-refractivity contribution >= 4 is 22.7 Å². The van der Waals surface area contributed by atoms with Gasteiger partial charge in [-0.25, -0.2) is 0 Å². The molecule has 0 saturated carbocycles. The maximum absolute atomic E-state index is 4.37. The molecule has 2 aromatic rings. The standard InChI is InChI=1S/C10H12N2S/c1-7-9-6-8(13-3)4-5-10(9)12(2)11-7/h4-6H,1-3H3. The van der Waals surface area contributed by atoms with Gasteiger partial charge in [-0.3, -0.25) is 4.68 Å². The van der Waals surface area contributed by atoms with Crippen LogP contribution in [0.25, 0.3) is 10.9 Å². The molecule has 0 aliphatic carbocycles. The molecule has 0 aliphatic heterocycles. The summed E-state index contributed by atoms with van der Waals surface area (Å²) in [4.78, 5) is 1.30. The van der Waals surface area contributed by atoms with Gasteiger partial charge >= 0.3 is 0 Å². The molecule has 0 atom stereocenters. The van der Waals surface area contributed by atoms with E-state index in [4.69, 9.17) is 0 Å². The quantitative estimate of drug-likeness (QED) is 0.646. The zero-order chi connectivity index (χ0) is 9.42. The van der Waals surface area contributed by atoms with Crippen LogP contribution in [0.4, 0.5) is 0 Å². The third kappa shape index (κ3) is 1.33. The van der Waals surface area contributed by atoms with Crippen molar-refractivity contribution in [1.29, 1.82) is 0 Å². The highest BCUT2D eigenvalue weighted by Crippen LogP contribution is 2.23. The van der Waals surface area contributed by atoms with Gasteiger partial charge in [0.15, 0.2) is 0 Å². The van der Waals surface area contributed by atoms with Crippen LogP contribution in [-0.2, 0) is 7.05 Å². The van der Waals surface area contributed by atoms with Crippen molar-refractivity contribution < 1.29 is 0 Å². The molecule has 1 aromatic carbocycles. The number of nitrogens with zero attached hydrogens (tertiary/aromatic N) is 2. The predicted molar refractivity (Wildman–Crippen MR) is 57.2 cm³/mol. The normalized spacial score (nSPS) is 11.0. The Kier molecular flexibility index (Phi) is 2.04. The van der Waals surface area contributed by atoms with E-state index < -0.39 is 0 Å². The number of aromatic nitrogens is 2. The molecular formula is C10H12N2S. The SMILES string of the molecule is CSc1ccc2c(c1)c(C)nn2C. The first-order valence-corrected chi connectivity index (χ1v) is 5.42. The van der Waals surface area contributed by atoms with Gasteiger partial charge in [-0.1, -0.05) is 0 Å². The molecule has 0 fully saturated rings. The molecule has 13 heavy (non-hydrogen) atoms. The summed E-state index contributed by atoms with van der Waals surface area (Å²) in [5.74, 6) is 0. The summed E-state index contributed by atoms with van der Waals surface area (Å²) in [6.45, 7) is 2.05. The number of benzene rings is 1. The lowest BCUT2D eigenvalue weighted by Gasteiger charge is -1.97. The highest BCUT2D eigenvalue weighted by Gasteiger charge is 2.04. The van der Waals surface area contributed by atoms with Gasteiger partial charge < -0.3 is 0 Å². The molecule has 1 heterocycles. The fourth-order valence-electron chi connectivity index (χ4n) is 1.55. The molecule has 0 unspecified atom stereocenters. The van der Waals surface area contributed by atoms with Crippen molar-refractivity contribution in [2.45, 2.75) is 11.8 Å². The number of aryl methyl sites for hydroxylation is 2. The third-order valence-corrected chi connectivity index (χ3v) is 2.97. The first-order valence-electron chi connectivity index (χ1n) is 4.19. The van der Waals surface area contributed by atoms with Gasteiger partial charge in [0.1, 0.15) is 0 Å². The number of rotatable bonds is 1. The van der Waals surface area contributed by atoms with E-state index in [2.05, 4.69) is 29.6 Å². The zero-order valence-electron chi connectivity index (χ0n) is 8.03. The average Bonchev–Trinajstić information content (AvgIpc) is 2.42. The number of fused-ring (bicyclic) bond motifs is 1. The Hall–Kier alpha value is -0.960. The molecule has 0 N–H and O–H groups in total. The van der Waals surface area contributed by atoms with E-state index in [9.17, 15) is 0 Å². The van der Waals surface area contributed by atoms with Crippen LogP contribution < -0.4 is 0 Å². The molecule has 0 aliphatic rings. The van der Waals surface area contributed by atoms with Crippen LogP contribution in [0.2, 0.25) is 0 Å². The summed E-state index contributed by atoms with van der Waals surface area (Å²) in [6.07, 6.45) is 2.09. The zero-order valence-corrected chi connectivity index (χ0v) is 8.85. The Morgan fingerprint density at radius 1 is 1.38 bits per heavy atom. The van der Waals surface area contributed by atoms with E-state index in [0.717, 1.165) is 5.69 Å². The van der Waals surface area contributed by atoms with Crippen LogP contribution >= 0.6 is 11.8 Å². The smallest absolute Gasteiger partial charge is 0.0682 e. The molecule has 0 amide bonds. The molecule has 3 heteroatoms. The molecule has 0 radical (unpaired) electrons. The van der Waals surface area contributed by atoms with Gasteiger partial charge in [-0.15, -0.1) is 11.8 Å². The molecule has 2 rings (SSSR count). The van der Waals surface area contributed by atoms with Crippen molar-refractivity contribution in [2.75, 3.05) is 6.26 Å². The Morgan fingerprint density at radius 2 is 2.15 bits per heavy atom. The second kappa shape index (κ2) is 3.07. The summed E-state index contributed by atoms with van der Waals surface area (Å²) in [6, 6.07) is 6.46. The van der Waals surface area contributed by atoms with Gasteiger partial charge in [-0.05, 0) is 31.4 Å². The van der Waals surface area contributed by atoms with Crippen molar-refractivity contribution in [2.24, 2.45) is 7.05 Å². The first kappa shape index (κ1) is 8.63. The van der Waals surface area contributed by atoms with Crippen LogP contribution in [0, 0.1) is 6.92 Å². The molecule has 0 spiro atoms. The van der Waals surface area contributed by atoms with Crippen LogP contribution in [-0.4, -0.2) is 16.0 Å². The maximum Gasteiger partial charge on any atom is 0.0682 e. The van der Waals surface area contributed by atoms with Crippen molar-refractivity contribution in [3.05, 3.63) is 23.9 Å². The lowest BCUT2D eigenvalue weighted by atomic mass is 10.2. The van der Waals surface area contributed by atoms with Gasteiger partial charge in [0, 0.05) is 17.3 Å². The van der Waals surface area contributed by atoms with Crippen LogP contribution in [0.1, 0.15) is 5.69 Å². The Morgan fingerprint density at radius 3 is 2.85 bits per heavy atom. The van der Waals surface area contributed by atoms with Gasteiger partial charge in [0.05, 0.1) is 11.2 Å². The first-order chi connectivity index (χ1) is 6.22. The summed E-state index contributed by atoms with van der Waals surface area (Å²) in [5.41, 5.74) is 2.31. The number of thioether (sulfide) groups is 1. The monoisotopic (exact) mass is 192 g/mol. The lowest BCUT2D eigenvalue weighted by Crippen LogP contribution is -1.88. The van der Waals surface area contributed by atoms with E-state index in [1.54, 1.807) is 11.8 Å². The summed E-state index contributed by atoms with van der Waals surface area (Å²) in [5, 5.41) is 5.63.